The van der Waals surface area contributed by atoms with E-state index in [0.29, 0.717) is 28.7 Å². The van der Waals surface area contributed by atoms with Crippen molar-refractivity contribution in [3.05, 3.63) is 105 Å². The van der Waals surface area contributed by atoms with Crippen LogP contribution in [0.5, 0.6) is 5.75 Å². The maximum absolute atomic E-state index is 12.4. The third-order valence-electron chi connectivity index (χ3n) is 6.22. The molecular weight excluding hydrogens is 498 g/mol. The minimum atomic E-state index is -0.835. The summed E-state index contributed by atoms with van der Waals surface area (Å²) in [5.41, 5.74) is 3.29. The summed E-state index contributed by atoms with van der Waals surface area (Å²) in [4.78, 5) is 56.5. The summed E-state index contributed by atoms with van der Waals surface area (Å²) in [5.74, 6) is -1.59. The van der Waals surface area contributed by atoms with Gasteiger partial charge in [0.2, 0.25) is 0 Å². The van der Waals surface area contributed by atoms with Gasteiger partial charge < -0.3 is 15.0 Å². The van der Waals surface area contributed by atoms with Gasteiger partial charge in [0.25, 0.3) is 17.4 Å². The number of nitrogens with one attached hydrogen (secondary N) is 3. The topological polar surface area (TPSA) is 144 Å². The van der Waals surface area contributed by atoms with Crippen LogP contribution in [0.3, 0.4) is 0 Å². The molecule has 1 fully saturated rings. The molecule has 0 saturated carbocycles. The fourth-order valence-corrected chi connectivity index (χ4v) is 4.15. The predicted molar refractivity (Wildman–Crippen MR) is 148 cm³/mol. The highest BCUT2D eigenvalue weighted by molar-refractivity contribution is 6.31. The summed E-state index contributed by atoms with van der Waals surface area (Å²) < 4.78 is 0. The van der Waals surface area contributed by atoms with Crippen LogP contribution < -0.4 is 21.1 Å². The monoisotopic (exact) mass is 521 g/mol. The maximum Gasteiger partial charge on any atom is 0.328 e. The molecule has 4 N–H and O–H groups in total. The first-order valence-electron chi connectivity index (χ1n) is 11.9. The summed E-state index contributed by atoms with van der Waals surface area (Å²) in [5, 5.41) is 15.2. The van der Waals surface area contributed by atoms with Crippen LogP contribution in [0.4, 0.5) is 16.2 Å². The van der Waals surface area contributed by atoms with E-state index in [1.54, 1.807) is 36.4 Å². The average molecular weight is 522 g/mol. The SMILES string of the molecule is CN(Cc1ccc(N=Cc2c(O)c3ccccc3[nH]c2=O)cc1)c1ccc(C=C2C(=O)NC(=O)NC2=O)cc1. The van der Waals surface area contributed by atoms with E-state index in [9.17, 15) is 24.3 Å². The van der Waals surface area contributed by atoms with Crippen LogP contribution in [-0.4, -0.2) is 41.2 Å². The first-order valence-corrected chi connectivity index (χ1v) is 11.9. The van der Waals surface area contributed by atoms with Gasteiger partial charge in [0.1, 0.15) is 16.9 Å². The number of imide groups is 2. The van der Waals surface area contributed by atoms with Crippen molar-refractivity contribution in [1.82, 2.24) is 15.6 Å². The van der Waals surface area contributed by atoms with Gasteiger partial charge in [0.05, 0.1) is 11.2 Å². The van der Waals surface area contributed by atoms with E-state index in [4.69, 9.17) is 0 Å². The predicted octanol–water partition coefficient (Wildman–Crippen LogP) is 3.37. The summed E-state index contributed by atoms with van der Waals surface area (Å²) in [6, 6.07) is 21.0. The molecule has 3 aromatic carbocycles. The Morgan fingerprint density at radius 1 is 0.872 bits per heavy atom. The van der Waals surface area contributed by atoms with Crippen LogP contribution >= 0.6 is 0 Å². The molecule has 1 aliphatic rings. The van der Waals surface area contributed by atoms with Gasteiger partial charge in [-0.2, -0.15) is 0 Å². The van der Waals surface area contributed by atoms with E-state index in [1.165, 1.54) is 12.3 Å². The number of benzene rings is 3. The molecule has 4 amide bonds. The molecule has 1 aromatic heterocycles. The third-order valence-corrected chi connectivity index (χ3v) is 6.22. The number of hydrogen-bond donors (Lipinski definition) is 4. The molecular formula is C29H23N5O5. The molecule has 5 rings (SSSR count). The number of anilines is 1. The van der Waals surface area contributed by atoms with Gasteiger partial charge in [-0.05, 0) is 53.6 Å². The molecule has 39 heavy (non-hydrogen) atoms. The van der Waals surface area contributed by atoms with Crippen molar-refractivity contribution < 1.29 is 19.5 Å². The van der Waals surface area contributed by atoms with Crippen molar-refractivity contribution in [2.45, 2.75) is 6.54 Å². The molecule has 0 spiro atoms. The number of barbiturate groups is 1. The molecule has 0 atom stereocenters. The van der Waals surface area contributed by atoms with E-state index in [0.717, 1.165) is 11.3 Å². The molecule has 4 aromatic rings. The number of pyridine rings is 1. The van der Waals surface area contributed by atoms with Crippen molar-refractivity contribution in [1.29, 1.82) is 0 Å². The third kappa shape index (κ3) is 5.44. The van der Waals surface area contributed by atoms with Crippen molar-refractivity contribution in [3.8, 4) is 5.75 Å². The zero-order valence-electron chi connectivity index (χ0n) is 20.8. The lowest BCUT2D eigenvalue weighted by molar-refractivity contribution is -0.123. The average Bonchev–Trinajstić information content (AvgIpc) is 2.92. The lowest BCUT2D eigenvalue weighted by Crippen LogP contribution is -2.51. The molecule has 0 bridgehead atoms. The Kier molecular flexibility index (Phi) is 6.75. The smallest absolute Gasteiger partial charge is 0.328 e. The molecule has 0 aliphatic carbocycles. The Morgan fingerprint density at radius 2 is 1.54 bits per heavy atom. The highest BCUT2D eigenvalue weighted by atomic mass is 16.3. The normalized spacial score (nSPS) is 13.5. The molecule has 0 unspecified atom stereocenters. The van der Waals surface area contributed by atoms with Gasteiger partial charge in [-0.1, -0.05) is 36.4 Å². The quantitative estimate of drug-likeness (QED) is 0.174. The van der Waals surface area contributed by atoms with Crippen LogP contribution in [0.25, 0.3) is 17.0 Å². The molecule has 1 saturated heterocycles. The standard InChI is InChI=1S/C29H23N5O5/c1-34(20-12-8-17(9-13-20)14-22-26(36)32-29(39)33-27(22)37)16-18-6-10-19(11-7-18)30-15-23-25(35)21-4-2-3-5-24(21)31-28(23)38/h2-15H,16H2,1H3,(H2,31,35,38)(H2,32,33,36,37,39). The van der Waals surface area contributed by atoms with Crippen molar-refractivity contribution in [2.24, 2.45) is 4.99 Å². The maximum atomic E-state index is 12.4. The Balaban J connectivity index is 1.25. The summed E-state index contributed by atoms with van der Waals surface area (Å²) in [6.45, 7) is 0.600. The minimum Gasteiger partial charge on any atom is -0.506 e. The number of aromatic nitrogens is 1. The van der Waals surface area contributed by atoms with E-state index < -0.39 is 23.4 Å². The minimum absolute atomic E-state index is 0.0924. The summed E-state index contributed by atoms with van der Waals surface area (Å²) in [6.07, 6.45) is 2.78. The van der Waals surface area contributed by atoms with Crippen LogP contribution in [0.15, 0.2) is 88.2 Å². The fourth-order valence-electron chi connectivity index (χ4n) is 4.15. The van der Waals surface area contributed by atoms with Gasteiger partial charge in [0, 0.05) is 30.9 Å². The van der Waals surface area contributed by atoms with Crippen molar-refractivity contribution in [2.75, 3.05) is 11.9 Å². The van der Waals surface area contributed by atoms with Crippen molar-refractivity contribution in [3.63, 3.8) is 0 Å². The van der Waals surface area contributed by atoms with Gasteiger partial charge >= 0.3 is 6.03 Å². The number of para-hydroxylation sites is 1. The number of carbonyl (C=O) groups is 3. The molecule has 1 aliphatic heterocycles. The second-order valence-corrected chi connectivity index (χ2v) is 8.93. The molecule has 0 radical (unpaired) electrons. The Morgan fingerprint density at radius 3 is 2.23 bits per heavy atom. The van der Waals surface area contributed by atoms with Crippen LogP contribution in [0.2, 0.25) is 0 Å². The largest absolute Gasteiger partial charge is 0.506 e. The first kappa shape index (κ1) is 25.2. The van der Waals surface area contributed by atoms with E-state index in [1.807, 2.05) is 59.0 Å². The zero-order valence-corrected chi connectivity index (χ0v) is 20.8. The Hall–Kier alpha value is -5.51. The van der Waals surface area contributed by atoms with Crippen LogP contribution in [-0.2, 0) is 16.1 Å². The zero-order chi connectivity index (χ0) is 27.5. The molecule has 10 heteroatoms. The summed E-state index contributed by atoms with van der Waals surface area (Å²) in [7, 11) is 1.93. The number of nitrogens with zero attached hydrogens (tertiary/aromatic N) is 2. The number of rotatable bonds is 6. The van der Waals surface area contributed by atoms with Crippen LogP contribution in [0.1, 0.15) is 16.7 Å². The number of aliphatic imine (C=N–C) groups is 1. The number of carbonyl (C=O) groups excluding carboxylic acids is 3. The van der Waals surface area contributed by atoms with Crippen molar-refractivity contribution >= 4 is 52.4 Å². The Labute approximate surface area is 222 Å². The number of fused-ring (bicyclic) bond motifs is 1. The second-order valence-electron chi connectivity index (χ2n) is 8.93. The van der Waals surface area contributed by atoms with Gasteiger partial charge in [0.15, 0.2) is 0 Å². The number of H-pyrrole nitrogens is 1. The number of aromatic amines is 1. The highest BCUT2D eigenvalue weighted by Gasteiger charge is 2.27. The molecule has 10 nitrogen and oxygen atoms in total. The van der Waals surface area contributed by atoms with E-state index in [-0.39, 0.29) is 16.9 Å². The van der Waals surface area contributed by atoms with E-state index >= 15 is 0 Å². The number of hydrogen-bond acceptors (Lipinski definition) is 7. The van der Waals surface area contributed by atoms with Gasteiger partial charge in [-0.15, -0.1) is 0 Å². The lowest BCUT2D eigenvalue weighted by Gasteiger charge is -2.20. The fraction of sp³-hybridized carbons (Fsp3) is 0.0690. The van der Waals surface area contributed by atoms with E-state index in [2.05, 4.69) is 9.98 Å². The lowest BCUT2D eigenvalue weighted by atomic mass is 10.1. The molecule has 2 heterocycles. The number of aromatic hydroxyl groups is 1. The van der Waals surface area contributed by atoms with Gasteiger partial charge in [-0.25, -0.2) is 4.79 Å². The van der Waals surface area contributed by atoms with Gasteiger partial charge in [-0.3, -0.25) is 30.0 Å². The Bertz CT molecular complexity index is 1700. The number of amides is 4. The first-order chi connectivity index (χ1) is 18.8. The highest BCUT2D eigenvalue weighted by Crippen LogP contribution is 2.24. The van der Waals surface area contributed by atoms with Crippen LogP contribution in [0, 0.1) is 0 Å². The summed E-state index contributed by atoms with van der Waals surface area (Å²) >= 11 is 0. The second kappa shape index (κ2) is 10.5. The molecule has 194 valence electrons. The number of urea groups is 1.